The predicted molar refractivity (Wildman–Crippen MR) is 76.3 cm³/mol. The van der Waals surface area contributed by atoms with Gasteiger partial charge in [0, 0.05) is 7.05 Å². The molecule has 6 nitrogen and oxygen atoms in total. The van der Waals surface area contributed by atoms with Crippen LogP contribution < -0.4 is 14.4 Å². The standard InChI is InChI=1S/C13H18N2O4S/c1-3-8-20(17,18)14-9-12-13(16)15(2)10-6-4-5-7-11(10)19-12/h4-7,12,14H,3,8-9H2,1-2H3. The molecule has 1 heterocycles. The van der Waals surface area contributed by atoms with E-state index in [0.717, 1.165) is 0 Å². The molecule has 20 heavy (non-hydrogen) atoms. The number of carbonyl (C=O) groups excluding carboxylic acids is 1. The topological polar surface area (TPSA) is 75.7 Å². The van der Waals surface area contributed by atoms with Gasteiger partial charge in [0.1, 0.15) is 5.75 Å². The molecule has 2 rings (SSSR count). The molecule has 0 radical (unpaired) electrons. The summed E-state index contributed by atoms with van der Waals surface area (Å²) in [5.41, 5.74) is 0.685. The van der Waals surface area contributed by atoms with Gasteiger partial charge in [-0.25, -0.2) is 13.1 Å². The summed E-state index contributed by atoms with van der Waals surface area (Å²) in [7, 11) is -1.70. The molecule has 1 amide bonds. The molecule has 1 unspecified atom stereocenters. The van der Waals surface area contributed by atoms with Gasteiger partial charge in [0.15, 0.2) is 6.10 Å². The van der Waals surface area contributed by atoms with E-state index in [0.29, 0.717) is 17.9 Å². The van der Waals surface area contributed by atoms with Gasteiger partial charge in [-0.2, -0.15) is 0 Å². The van der Waals surface area contributed by atoms with Crippen molar-refractivity contribution in [2.24, 2.45) is 0 Å². The molecule has 0 spiro atoms. The number of likely N-dealkylation sites (N-methyl/N-ethyl adjacent to an activating group) is 1. The quantitative estimate of drug-likeness (QED) is 0.870. The molecule has 110 valence electrons. The average Bonchev–Trinajstić information content (AvgIpc) is 2.41. The first kappa shape index (κ1) is 14.8. The third kappa shape index (κ3) is 3.10. The fourth-order valence-corrected chi connectivity index (χ4v) is 3.13. The summed E-state index contributed by atoms with van der Waals surface area (Å²) in [4.78, 5) is 13.6. The Morgan fingerprint density at radius 3 is 2.75 bits per heavy atom. The molecule has 1 N–H and O–H groups in total. The molecule has 7 heteroatoms. The number of para-hydroxylation sites is 2. The normalized spacial score (nSPS) is 18.6. The number of hydrogen-bond donors (Lipinski definition) is 1. The van der Waals surface area contributed by atoms with Crippen molar-refractivity contribution in [3.05, 3.63) is 24.3 Å². The number of ether oxygens (including phenoxy) is 1. The Morgan fingerprint density at radius 2 is 2.05 bits per heavy atom. The lowest BCUT2D eigenvalue weighted by Gasteiger charge is -2.31. The van der Waals surface area contributed by atoms with Crippen LogP contribution in [-0.4, -0.2) is 39.8 Å². The molecule has 0 aliphatic carbocycles. The Morgan fingerprint density at radius 1 is 1.35 bits per heavy atom. The number of benzene rings is 1. The van der Waals surface area contributed by atoms with Crippen LogP contribution in [0.5, 0.6) is 5.75 Å². The molecular weight excluding hydrogens is 280 g/mol. The lowest BCUT2D eigenvalue weighted by molar-refractivity contribution is -0.125. The zero-order valence-corrected chi connectivity index (χ0v) is 12.3. The van der Waals surface area contributed by atoms with Crippen molar-refractivity contribution in [2.45, 2.75) is 19.4 Å². The van der Waals surface area contributed by atoms with E-state index in [4.69, 9.17) is 4.74 Å². The van der Waals surface area contributed by atoms with E-state index in [1.54, 1.807) is 32.2 Å². The second-order valence-corrected chi connectivity index (χ2v) is 6.57. The van der Waals surface area contributed by atoms with Crippen LogP contribution in [0.25, 0.3) is 0 Å². The summed E-state index contributed by atoms with van der Waals surface area (Å²) in [5, 5.41) is 0. The minimum absolute atomic E-state index is 0.0420. The van der Waals surface area contributed by atoms with E-state index in [-0.39, 0.29) is 18.2 Å². The highest BCUT2D eigenvalue weighted by Crippen LogP contribution is 2.32. The third-order valence-corrected chi connectivity index (χ3v) is 4.62. The number of sulfonamides is 1. The molecule has 1 aromatic carbocycles. The number of nitrogens with one attached hydrogen (secondary N) is 1. The maximum absolute atomic E-state index is 12.1. The molecule has 1 atom stereocenters. The summed E-state index contributed by atoms with van der Waals surface area (Å²) in [6, 6.07) is 7.16. The zero-order chi connectivity index (χ0) is 14.8. The summed E-state index contributed by atoms with van der Waals surface area (Å²) >= 11 is 0. The first-order valence-electron chi connectivity index (χ1n) is 6.45. The third-order valence-electron chi connectivity index (χ3n) is 3.06. The van der Waals surface area contributed by atoms with Gasteiger partial charge in [-0.1, -0.05) is 19.1 Å². The van der Waals surface area contributed by atoms with Gasteiger partial charge < -0.3 is 9.64 Å². The monoisotopic (exact) mass is 298 g/mol. The van der Waals surface area contributed by atoms with E-state index in [1.165, 1.54) is 4.90 Å². The van der Waals surface area contributed by atoms with E-state index in [1.807, 2.05) is 6.07 Å². The van der Waals surface area contributed by atoms with Crippen LogP contribution >= 0.6 is 0 Å². The molecule has 0 saturated carbocycles. The lowest BCUT2D eigenvalue weighted by atomic mass is 10.2. The van der Waals surface area contributed by atoms with Gasteiger partial charge >= 0.3 is 0 Å². The summed E-state index contributed by atoms with van der Waals surface area (Å²) < 4.78 is 31.2. The molecule has 0 fully saturated rings. The fraction of sp³-hybridized carbons (Fsp3) is 0.462. The Hall–Kier alpha value is -1.60. The Bertz CT molecular complexity index is 600. The summed E-state index contributed by atoms with van der Waals surface area (Å²) in [6.45, 7) is 1.73. The largest absolute Gasteiger partial charge is 0.477 e. The summed E-state index contributed by atoms with van der Waals surface area (Å²) in [5.74, 6) is 0.359. The van der Waals surface area contributed by atoms with Crippen molar-refractivity contribution >= 4 is 21.6 Å². The second kappa shape index (κ2) is 5.80. The highest BCUT2D eigenvalue weighted by atomic mass is 32.2. The van der Waals surface area contributed by atoms with Crippen LogP contribution in [0.1, 0.15) is 13.3 Å². The van der Waals surface area contributed by atoms with Gasteiger partial charge in [-0.15, -0.1) is 0 Å². The number of nitrogens with zero attached hydrogens (tertiary/aromatic N) is 1. The van der Waals surface area contributed by atoms with Crippen molar-refractivity contribution in [3.8, 4) is 5.75 Å². The smallest absolute Gasteiger partial charge is 0.269 e. The van der Waals surface area contributed by atoms with Crippen LogP contribution in [0.15, 0.2) is 24.3 Å². The molecule has 1 aliphatic rings. The van der Waals surface area contributed by atoms with Crippen molar-refractivity contribution in [1.29, 1.82) is 0 Å². The predicted octanol–water partition coefficient (Wildman–Crippen LogP) is 0.740. The van der Waals surface area contributed by atoms with Gasteiger partial charge in [-0.05, 0) is 18.6 Å². The first-order chi connectivity index (χ1) is 9.44. The van der Waals surface area contributed by atoms with Crippen molar-refractivity contribution in [1.82, 2.24) is 4.72 Å². The van der Waals surface area contributed by atoms with Crippen molar-refractivity contribution < 1.29 is 17.9 Å². The highest BCUT2D eigenvalue weighted by Gasteiger charge is 2.32. The van der Waals surface area contributed by atoms with Crippen LogP contribution in [0.2, 0.25) is 0 Å². The minimum Gasteiger partial charge on any atom is -0.477 e. The molecule has 0 saturated heterocycles. The number of fused-ring (bicyclic) bond motifs is 1. The molecule has 1 aliphatic heterocycles. The Kier molecular flexibility index (Phi) is 4.29. The average molecular weight is 298 g/mol. The first-order valence-corrected chi connectivity index (χ1v) is 8.10. The lowest BCUT2D eigenvalue weighted by Crippen LogP contribution is -2.49. The van der Waals surface area contributed by atoms with Gasteiger partial charge in [-0.3, -0.25) is 4.79 Å². The number of hydrogen-bond acceptors (Lipinski definition) is 4. The fourth-order valence-electron chi connectivity index (χ4n) is 2.04. The SMILES string of the molecule is CCCS(=O)(=O)NCC1Oc2ccccc2N(C)C1=O. The maximum atomic E-state index is 12.1. The Labute approximate surface area is 118 Å². The van der Waals surface area contributed by atoms with Crippen LogP contribution in [0, 0.1) is 0 Å². The van der Waals surface area contributed by atoms with Crippen LogP contribution in [-0.2, 0) is 14.8 Å². The maximum Gasteiger partial charge on any atom is 0.269 e. The van der Waals surface area contributed by atoms with E-state index < -0.39 is 16.1 Å². The van der Waals surface area contributed by atoms with Crippen molar-refractivity contribution in [3.63, 3.8) is 0 Å². The van der Waals surface area contributed by atoms with Crippen LogP contribution in [0.3, 0.4) is 0 Å². The summed E-state index contributed by atoms with van der Waals surface area (Å²) in [6.07, 6.45) is -0.307. The molecule has 1 aromatic rings. The number of carbonyl (C=O) groups is 1. The number of rotatable bonds is 5. The van der Waals surface area contributed by atoms with E-state index >= 15 is 0 Å². The molecular formula is C13H18N2O4S. The molecule has 0 aromatic heterocycles. The van der Waals surface area contributed by atoms with Gasteiger partial charge in [0.05, 0.1) is 18.0 Å². The Balaban J connectivity index is 2.10. The molecule has 0 bridgehead atoms. The number of amides is 1. The van der Waals surface area contributed by atoms with E-state index in [9.17, 15) is 13.2 Å². The van der Waals surface area contributed by atoms with Gasteiger partial charge in [0.2, 0.25) is 10.0 Å². The zero-order valence-electron chi connectivity index (χ0n) is 11.5. The van der Waals surface area contributed by atoms with E-state index in [2.05, 4.69) is 4.72 Å². The number of anilines is 1. The van der Waals surface area contributed by atoms with Crippen LogP contribution in [0.4, 0.5) is 5.69 Å². The van der Waals surface area contributed by atoms with Gasteiger partial charge in [0.25, 0.3) is 5.91 Å². The minimum atomic E-state index is -3.35. The highest BCUT2D eigenvalue weighted by molar-refractivity contribution is 7.89. The second-order valence-electron chi connectivity index (χ2n) is 4.64. The van der Waals surface area contributed by atoms with Crippen molar-refractivity contribution in [2.75, 3.05) is 24.2 Å².